The summed E-state index contributed by atoms with van der Waals surface area (Å²) in [5.41, 5.74) is 7.20. The summed E-state index contributed by atoms with van der Waals surface area (Å²) in [6.45, 7) is 1.95. The van der Waals surface area contributed by atoms with Gasteiger partial charge in [-0.05, 0) is 41.5 Å². The number of aryl methyl sites for hydroxylation is 1. The highest BCUT2D eigenvalue weighted by molar-refractivity contribution is 5.98. The van der Waals surface area contributed by atoms with E-state index < -0.39 is 0 Å². The Hall–Kier alpha value is -2.81. The zero-order valence-electron chi connectivity index (χ0n) is 11.8. The fourth-order valence-electron chi connectivity index (χ4n) is 2.35. The molecule has 0 amide bonds. The summed E-state index contributed by atoms with van der Waals surface area (Å²) in [5.74, 6) is 1.39. The third kappa shape index (κ3) is 2.58. The van der Waals surface area contributed by atoms with Gasteiger partial charge in [-0.25, -0.2) is 0 Å². The van der Waals surface area contributed by atoms with E-state index in [0.717, 1.165) is 16.7 Å². The summed E-state index contributed by atoms with van der Waals surface area (Å²) in [6.07, 6.45) is 0. The Bertz CT molecular complexity index is 824. The van der Waals surface area contributed by atoms with Crippen LogP contribution in [0.25, 0.3) is 10.8 Å². The lowest BCUT2D eigenvalue weighted by Crippen LogP contribution is -2.12. The van der Waals surface area contributed by atoms with Gasteiger partial charge in [0.05, 0.1) is 5.56 Å². The molecule has 0 radical (unpaired) electrons. The van der Waals surface area contributed by atoms with Crippen molar-refractivity contribution in [3.8, 4) is 11.5 Å². The van der Waals surface area contributed by atoms with Crippen molar-refractivity contribution < 1.29 is 4.74 Å². The highest BCUT2D eigenvalue weighted by atomic mass is 16.5. The summed E-state index contributed by atoms with van der Waals surface area (Å²) in [5, 5.41) is 9.95. The lowest BCUT2D eigenvalue weighted by Gasteiger charge is -2.13. The highest BCUT2D eigenvalue weighted by Crippen LogP contribution is 2.30. The van der Waals surface area contributed by atoms with Gasteiger partial charge in [0.25, 0.3) is 0 Å². The fourth-order valence-corrected chi connectivity index (χ4v) is 2.35. The number of ether oxygens (including phenoxy) is 1. The van der Waals surface area contributed by atoms with Crippen molar-refractivity contribution in [1.29, 1.82) is 5.41 Å². The monoisotopic (exact) mass is 276 g/mol. The Morgan fingerprint density at radius 3 is 2.48 bits per heavy atom. The summed E-state index contributed by atoms with van der Waals surface area (Å²) in [4.78, 5) is 0. The number of para-hydroxylation sites is 1. The highest BCUT2D eigenvalue weighted by Gasteiger charge is 2.10. The fraction of sp³-hybridized carbons (Fsp3) is 0.0556. The van der Waals surface area contributed by atoms with Gasteiger partial charge in [-0.3, -0.25) is 5.41 Å². The second kappa shape index (κ2) is 5.29. The van der Waals surface area contributed by atoms with E-state index in [1.54, 1.807) is 6.07 Å². The molecule has 0 aliphatic carbocycles. The Morgan fingerprint density at radius 1 is 0.952 bits per heavy atom. The Morgan fingerprint density at radius 2 is 1.71 bits per heavy atom. The summed E-state index contributed by atoms with van der Waals surface area (Å²) < 4.78 is 5.99. The van der Waals surface area contributed by atoms with Crippen molar-refractivity contribution in [1.82, 2.24) is 0 Å². The first-order valence-corrected chi connectivity index (χ1v) is 6.76. The average Bonchev–Trinajstić information content (AvgIpc) is 2.49. The van der Waals surface area contributed by atoms with Crippen molar-refractivity contribution >= 4 is 16.6 Å². The van der Waals surface area contributed by atoms with E-state index in [0.29, 0.717) is 11.3 Å². The van der Waals surface area contributed by atoms with Gasteiger partial charge in [-0.2, -0.15) is 0 Å². The molecule has 0 saturated heterocycles. The minimum absolute atomic E-state index is 0.00879. The predicted octanol–water partition coefficient (Wildman–Crippen LogP) is 4.22. The molecular formula is C18H16N2O. The van der Waals surface area contributed by atoms with Gasteiger partial charge in [0.15, 0.2) is 0 Å². The molecule has 3 nitrogen and oxygen atoms in total. The minimum atomic E-state index is 0.00879. The van der Waals surface area contributed by atoms with Crippen LogP contribution in [0.5, 0.6) is 11.5 Å². The molecule has 104 valence electrons. The standard InChI is InChI=1S/C18H16N2O/c1-12-5-4-8-16(18(19)20)17(12)21-15-10-9-13-6-2-3-7-14(13)11-15/h2-11H,1H3,(H3,19,20). The topological polar surface area (TPSA) is 59.1 Å². The Balaban J connectivity index is 2.04. The molecule has 3 heteroatoms. The molecule has 0 bridgehead atoms. The van der Waals surface area contributed by atoms with Crippen LogP contribution in [0.1, 0.15) is 11.1 Å². The molecule has 0 heterocycles. The maximum Gasteiger partial charge on any atom is 0.141 e. The van der Waals surface area contributed by atoms with E-state index in [9.17, 15) is 0 Å². The lowest BCUT2D eigenvalue weighted by molar-refractivity contribution is 0.478. The third-order valence-electron chi connectivity index (χ3n) is 3.44. The maximum absolute atomic E-state index is 7.67. The van der Waals surface area contributed by atoms with Crippen LogP contribution in [0, 0.1) is 12.3 Å². The average molecular weight is 276 g/mol. The molecule has 21 heavy (non-hydrogen) atoms. The lowest BCUT2D eigenvalue weighted by atomic mass is 10.1. The number of fused-ring (bicyclic) bond motifs is 1. The van der Waals surface area contributed by atoms with Crippen LogP contribution in [-0.2, 0) is 0 Å². The SMILES string of the molecule is Cc1cccc(C(=N)N)c1Oc1ccc2ccccc2c1. The normalized spacial score (nSPS) is 10.5. The van der Waals surface area contributed by atoms with Crippen molar-refractivity contribution in [3.63, 3.8) is 0 Å². The number of nitrogens with two attached hydrogens (primary N) is 1. The predicted molar refractivity (Wildman–Crippen MR) is 86.2 cm³/mol. The van der Waals surface area contributed by atoms with E-state index in [1.807, 2.05) is 55.5 Å². The molecule has 3 N–H and O–H groups in total. The third-order valence-corrected chi connectivity index (χ3v) is 3.44. The van der Waals surface area contributed by atoms with Gasteiger partial charge in [-0.1, -0.05) is 42.5 Å². The second-order valence-corrected chi connectivity index (χ2v) is 4.98. The van der Waals surface area contributed by atoms with Crippen molar-refractivity contribution in [2.24, 2.45) is 5.73 Å². The molecule has 0 fully saturated rings. The van der Waals surface area contributed by atoms with Crippen LogP contribution in [0.2, 0.25) is 0 Å². The Kier molecular flexibility index (Phi) is 3.32. The summed E-state index contributed by atoms with van der Waals surface area (Å²) in [7, 11) is 0. The largest absolute Gasteiger partial charge is 0.456 e. The summed E-state index contributed by atoms with van der Waals surface area (Å²) in [6, 6.07) is 19.7. The maximum atomic E-state index is 7.67. The molecule has 3 aromatic rings. The number of benzene rings is 3. The molecule has 0 atom stereocenters. The van der Waals surface area contributed by atoms with Crippen LogP contribution < -0.4 is 10.5 Å². The minimum Gasteiger partial charge on any atom is -0.456 e. The zero-order valence-corrected chi connectivity index (χ0v) is 11.8. The number of amidine groups is 1. The van der Waals surface area contributed by atoms with Gasteiger partial charge >= 0.3 is 0 Å². The van der Waals surface area contributed by atoms with Gasteiger partial charge in [0, 0.05) is 0 Å². The molecular weight excluding hydrogens is 260 g/mol. The van der Waals surface area contributed by atoms with Crippen LogP contribution in [0.3, 0.4) is 0 Å². The van der Waals surface area contributed by atoms with Crippen LogP contribution in [-0.4, -0.2) is 5.84 Å². The molecule has 0 unspecified atom stereocenters. The molecule has 3 rings (SSSR count). The summed E-state index contributed by atoms with van der Waals surface area (Å²) >= 11 is 0. The van der Waals surface area contributed by atoms with Crippen LogP contribution >= 0.6 is 0 Å². The van der Waals surface area contributed by atoms with Crippen molar-refractivity contribution in [2.75, 3.05) is 0 Å². The van der Waals surface area contributed by atoms with Gasteiger partial charge in [0.2, 0.25) is 0 Å². The zero-order chi connectivity index (χ0) is 14.8. The molecule has 0 aliphatic heterocycles. The molecule has 0 aromatic heterocycles. The van der Waals surface area contributed by atoms with Crippen LogP contribution in [0.4, 0.5) is 0 Å². The Labute approximate surface area is 123 Å². The van der Waals surface area contributed by atoms with Crippen LogP contribution in [0.15, 0.2) is 60.7 Å². The smallest absolute Gasteiger partial charge is 0.141 e. The van der Waals surface area contributed by atoms with Crippen molar-refractivity contribution in [2.45, 2.75) is 6.92 Å². The van der Waals surface area contributed by atoms with Gasteiger partial charge < -0.3 is 10.5 Å². The van der Waals surface area contributed by atoms with E-state index in [-0.39, 0.29) is 5.84 Å². The van der Waals surface area contributed by atoms with Gasteiger partial charge in [-0.15, -0.1) is 0 Å². The van der Waals surface area contributed by atoms with E-state index in [4.69, 9.17) is 15.9 Å². The number of nitrogens with one attached hydrogen (secondary N) is 1. The second-order valence-electron chi connectivity index (χ2n) is 4.98. The van der Waals surface area contributed by atoms with Gasteiger partial charge in [0.1, 0.15) is 17.3 Å². The number of nitrogen functional groups attached to an aromatic ring is 1. The number of hydrogen-bond acceptors (Lipinski definition) is 2. The number of rotatable bonds is 3. The molecule has 3 aromatic carbocycles. The van der Waals surface area contributed by atoms with E-state index in [2.05, 4.69) is 6.07 Å². The molecule has 0 saturated carbocycles. The quantitative estimate of drug-likeness (QED) is 0.555. The first kappa shape index (κ1) is 13.2. The number of hydrogen-bond donors (Lipinski definition) is 2. The van der Waals surface area contributed by atoms with E-state index >= 15 is 0 Å². The molecule has 0 aliphatic rings. The molecule has 0 spiro atoms. The first-order valence-electron chi connectivity index (χ1n) is 6.76. The van der Waals surface area contributed by atoms with E-state index in [1.165, 1.54) is 5.39 Å². The van der Waals surface area contributed by atoms with Crippen molar-refractivity contribution in [3.05, 3.63) is 71.8 Å². The first-order chi connectivity index (χ1) is 10.1.